The van der Waals surface area contributed by atoms with Crippen LogP contribution in [0.4, 0.5) is 11.5 Å². The van der Waals surface area contributed by atoms with Crippen molar-refractivity contribution in [2.45, 2.75) is 24.5 Å². The van der Waals surface area contributed by atoms with Gasteiger partial charge in [0.05, 0.1) is 13.3 Å². The summed E-state index contributed by atoms with van der Waals surface area (Å²) in [6.07, 6.45) is -5.48. The summed E-state index contributed by atoms with van der Waals surface area (Å²) in [4.78, 5) is 45.8. The van der Waals surface area contributed by atoms with Gasteiger partial charge in [0.1, 0.15) is 29.8 Å². The smallest absolute Gasteiger partial charge is 0.394 e. The Kier molecular flexibility index (Phi) is 4.97. The molecule has 0 radical (unpaired) electrons. The maximum Gasteiger partial charge on any atom is 0.470 e. The van der Waals surface area contributed by atoms with Crippen LogP contribution in [-0.4, -0.2) is 74.0 Å². The first-order chi connectivity index (χ1) is 12.5. The van der Waals surface area contributed by atoms with Crippen LogP contribution in [0, 0.1) is 0 Å². The number of hydrogen-bond donors (Lipinski definition) is 4. The highest BCUT2D eigenvalue weighted by Crippen LogP contribution is 2.43. The van der Waals surface area contributed by atoms with E-state index in [1.54, 1.807) is 11.9 Å². The second-order valence-corrected chi connectivity index (χ2v) is 7.68. The maximum atomic E-state index is 12.5. The highest BCUT2D eigenvalue weighted by molar-refractivity contribution is 7.46. The lowest BCUT2D eigenvalue weighted by molar-refractivity contribution is -0.0219. The van der Waals surface area contributed by atoms with Gasteiger partial charge in [-0.1, -0.05) is 0 Å². The number of fused-ring (bicyclic) bond motifs is 1. The molecular formula is C13H21N4O9P. The Labute approximate surface area is 152 Å². The van der Waals surface area contributed by atoms with Gasteiger partial charge < -0.3 is 34.5 Å². The average Bonchev–Trinajstić information content (AvgIpc) is 3.07. The Bertz CT molecular complexity index is 908. The Morgan fingerprint density at radius 3 is 2.41 bits per heavy atom. The molecule has 13 nitrogen and oxygen atoms in total. The van der Waals surface area contributed by atoms with E-state index in [-0.39, 0.29) is 18.2 Å². The minimum atomic E-state index is -4.96. The molecule has 4 N–H and O–H groups in total. The van der Waals surface area contributed by atoms with Gasteiger partial charge in [-0.3, -0.25) is 18.5 Å². The largest absolute Gasteiger partial charge is 0.470 e. The van der Waals surface area contributed by atoms with Crippen LogP contribution in [0.15, 0.2) is 9.59 Å². The predicted molar refractivity (Wildman–Crippen MR) is 91.3 cm³/mol. The first kappa shape index (κ1) is 20.0. The zero-order chi connectivity index (χ0) is 20.3. The number of anilines is 2. The summed E-state index contributed by atoms with van der Waals surface area (Å²) in [5.74, 6) is 0.183. The van der Waals surface area contributed by atoms with Crippen LogP contribution in [0.25, 0.3) is 0 Å². The Hall–Kier alpha value is -1.73. The monoisotopic (exact) mass is 408 g/mol. The lowest BCUT2D eigenvalue weighted by Gasteiger charge is -2.29. The standard InChI is InChI=1S/C13H21N4O9P/c1-14-5-17(10-7(14)11(20)16(3)13(21)15(10)2)12-8(19)9(6(4-18)25-12)26-27(22,23)24/h6,8-9,12,18-19H,4-5H2,1-3H3,(H2,22,23,24)/t6-,8-,9-,12-/m1/s1. The summed E-state index contributed by atoms with van der Waals surface area (Å²) in [5, 5.41) is 20.0. The summed E-state index contributed by atoms with van der Waals surface area (Å²) in [7, 11) is -0.562. The molecule has 152 valence electrons. The summed E-state index contributed by atoms with van der Waals surface area (Å²) in [6.45, 7) is -0.603. The Morgan fingerprint density at radius 1 is 1.22 bits per heavy atom. The van der Waals surface area contributed by atoms with Crippen molar-refractivity contribution in [2.75, 3.05) is 30.1 Å². The molecule has 0 amide bonds. The van der Waals surface area contributed by atoms with Gasteiger partial charge in [-0.25, -0.2) is 9.36 Å². The second kappa shape index (κ2) is 6.71. The molecule has 0 aromatic carbocycles. The number of phosphoric acid groups is 1. The van der Waals surface area contributed by atoms with Crippen molar-refractivity contribution in [3.63, 3.8) is 0 Å². The number of phosphoric ester groups is 1. The zero-order valence-corrected chi connectivity index (χ0v) is 15.7. The average molecular weight is 408 g/mol. The number of nitrogens with zero attached hydrogens (tertiary/aromatic N) is 4. The van der Waals surface area contributed by atoms with Crippen molar-refractivity contribution in [1.82, 2.24) is 9.13 Å². The number of hydrogen-bond acceptors (Lipinski definition) is 9. The number of aliphatic hydroxyl groups excluding tert-OH is 2. The van der Waals surface area contributed by atoms with Crippen LogP contribution in [0.5, 0.6) is 0 Å². The fourth-order valence-electron chi connectivity index (χ4n) is 3.46. The third-order valence-corrected chi connectivity index (χ3v) is 5.20. The van der Waals surface area contributed by atoms with E-state index in [9.17, 15) is 24.4 Å². The van der Waals surface area contributed by atoms with E-state index in [1.165, 1.54) is 23.6 Å². The SMILES string of the molecule is CN1CN([C@@H]2O[C@H](CO)[C@@H](OP(=O)(O)O)[C@H]2O)c2c1c(=O)n(C)c(=O)n2C. The van der Waals surface area contributed by atoms with Crippen molar-refractivity contribution in [3.8, 4) is 0 Å². The number of ether oxygens (including phenoxy) is 1. The van der Waals surface area contributed by atoms with Crippen LogP contribution in [0.2, 0.25) is 0 Å². The number of aliphatic hydroxyl groups is 2. The van der Waals surface area contributed by atoms with E-state index >= 15 is 0 Å². The predicted octanol–water partition coefficient (Wildman–Crippen LogP) is -3.15. The molecule has 1 saturated heterocycles. The molecule has 2 aliphatic rings. The van der Waals surface area contributed by atoms with Gasteiger partial charge in [0.2, 0.25) is 0 Å². The lowest BCUT2D eigenvalue weighted by atomic mass is 10.1. The van der Waals surface area contributed by atoms with Gasteiger partial charge in [-0.2, -0.15) is 0 Å². The fraction of sp³-hybridized carbons (Fsp3) is 0.692. The van der Waals surface area contributed by atoms with Gasteiger partial charge in [0.25, 0.3) is 5.56 Å². The van der Waals surface area contributed by atoms with Gasteiger partial charge in [0.15, 0.2) is 6.23 Å². The zero-order valence-electron chi connectivity index (χ0n) is 14.8. The van der Waals surface area contributed by atoms with E-state index in [0.717, 1.165) is 4.57 Å². The summed E-state index contributed by atoms with van der Waals surface area (Å²) in [6, 6.07) is 0. The highest BCUT2D eigenvalue weighted by atomic mass is 31.2. The molecule has 1 fully saturated rings. The number of aromatic nitrogens is 2. The summed E-state index contributed by atoms with van der Waals surface area (Å²) in [5.41, 5.74) is -0.920. The molecular weight excluding hydrogens is 387 g/mol. The first-order valence-electron chi connectivity index (χ1n) is 7.94. The van der Waals surface area contributed by atoms with E-state index in [4.69, 9.17) is 14.5 Å². The molecule has 4 atom stereocenters. The summed E-state index contributed by atoms with van der Waals surface area (Å²) >= 11 is 0. The molecule has 0 aliphatic carbocycles. The van der Waals surface area contributed by atoms with Crippen LogP contribution in [0.1, 0.15) is 0 Å². The molecule has 3 rings (SSSR count). The van der Waals surface area contributed by atoms with Crippen molar-refractivity contribution in [3.05, 3.63) is 20.8 Å². The first-order valence-corrected chi connectivity index (χ1v) is 9.47. The van der Waals surface area contributed by atoms with Crippen molar-refractivity contribution in [1.29, 1.82) is 0 Å². The van der Waals surface area contributed by atoms with Crippen LogP contribution >= 0.6 is 7.82 Å². The highest BCUT2D eigenvalue weighted by Gasteiger charge is 2.51. The van der Waals surface area contributed by atoms with E-state index in [2.05, 4.69) is 4.52 Å². The maximum absolute atomic E-state index is 12.5. The molecule has 0 spiro atoms. The third kappa shape index (κ3) is 3.21. The van der Waals surface area contributed by atoms with E-state index in [0.29, 0.717) is 0 Å². The topological polar surface area (TPSA) is 167 Å². The van der Waals surface area contributed by atoms with Crippen molar-refractivity contribution < 1.29 is 33.8 Å². The minimum Gasteiger partial charge on any atom is -0.394 e. The summed E-state index contributed by atoms with van der Waals surface area (Å²) < 4.78 is 23.4. The number of rotatable bonds is 4. The van der Waals surface area contributed by atoms with Crippen LogP contribution in [0.3, 0.4) is 0 Å². The van der Waals surface area contributed by atoms with E-state index < -0.39 is 50.2 Å². The van der Waals surface area contributed by atoms with Gasteiger partial charge in [-0.05, 0) is 0 Å². The molecule has 3 heterocycles. The van der Waals surface area contributed by atoms with Gasteiger partial charge in [-0.15, -0.1) is 0 Å². The molecule has 0 unspecified atom stereocenters. The molecule has 1 aromatic heterocycles. The molecule has 27 heavy (non-hydrogen) atoms. The van der Waals surface area contributed by atoms with Crippen LogP contribution in [-0.2, 0) is 27.9 Å². The minimum absolute atomic E-state index is 0.0599. The van der Waals surface area contributed by atoms with E-state index in [1.807, 2.05) is 0 Å². The van der Waals surface area contributed by atoms with Crippen molar-refractivity contribution >= 4 is 19.3 Å². The second-order valence-electron chi connectivity index (χ2n) is 6.49. The Morgan fingerprint density at radius 2 is 1.85 bits per heavy atom. The molecule has 0 bridgehead atoms. The molecule has 1 aromatic rings. The lowest BCUT2D eigenvalue weighted by Crippen LogP contribution is -2.47. The van der Waals surface area contributed by atoms with Gasteiger partial charge >= 0.3 is 13.5 Å². The normalized spacial score (nSPS) is 28.1. The Balaban J connectivity index is 2.04. The quantitative estimate of drug-likeness (QED) is 0.372. The van der Waals surface area contributed by atoms with Gasteiger partial charge in [0, 0.05) is 21.1 Å². The van der Waals surface area contributed by atoms with Crippen molar-refractivity contribution in [2.24, 2.45) is 14.1 Å². The molecule has 14 heteroatoms. The molecule has 0 saturated carbocycles. The fourth-order valence-corrected chi connectivity index (χ4v) is 4.04. The molecule has 2 aliphatic heterocycles. The third-order valence-electron chi connectivity index (χ3n) is 4.68. The van der Waals surface area contributed by atoms with Crippen LogP contribution < -0.4 is 21.0 Å².